The molecule has 1 heterocycles. The zero-order valence-electron chi connectivity index (χ0n) is 11.5. The number of rotatable bonds is 5. The molecule has 0 aromatic carbocycles. The van der Waals surface area contributed by atoms with Crippen LogP contribution in [-0.2, 0) is 10.0 Å². The van der Waals surface area contributed by atoms with Crippen LogP contribution < -0.4 is 10.5 Å². The van der Waals surface area contributed by atoms with Gasteiger partial charge in [-0.05, 0) is 18.8 Å². The van der Waals surface area contributed by atoms with Crippen molar-refractivity contribution in [2.24, 2.45) is 5.92 Å². The Balaban J connectivity index is 2.21. The number of hydrogen-bond donors (Lipinski definition) is 2. The second kappa shape index (κ2) is 5.50. The Bertz CT molecular complexity index is 530. The molecule has 0 aliphatic heterocycles. The van der Waals surface area contributed by atoms with E-state index in [0.717, 1.165) is 25.7 Å². The molecule has 0 radical (unpaired) electrons. The molecule has 2 rings (SSSR count). The quantitative estimate of drug-likeness (QED) is 0.858. The molecule has 1 fully saturated rings. The first-order chi connectivity index (χ1) is 8.92. The van der Waals surface area contributed by atoms with Crippen molar-refractivity contribution in [1.29, 1.82) is 0 Å². The van der Waals surface area contributed by atoms with Crippen LogP contribution in [-0.4, -0.2) is 24.7 Å². The molecule has 0 bridgehead atoms. The van der Waals surface area contributed by atoms with E-state index in [0.29, 0.717) is 6.54 Å². The van der Waals surface area contributed by atoms with E-state index in [-0.39, 0.29) is 22.7 Å². The van der Waals surface area contributed by atoms with Crippen LogP contribution >= 0.6 is 0 Å². The van der Waals surface area contributed by atoms with Gasteiger partial charge in [0.2, 0.25) is 10.0 Å². The first-order valence-electron chi connectivity index (χ1n) is 6.74. The van der Waals surface area contributed by atoms with Gasteiger partial charge >= 0.3 is 0 Å². The lowest BCUT2D eigenvalue weighted by Gasteiger charge is -2.12. The maximum absolute atomic E-state index is 12.1. The van der Waals surface area contributed by atoms with Crippen molar-refractivity contribution >= 4 is 15.8 Å². The van der Waals surface area contributed by atoms with Crippen LogP contribution in [0.4, 0.5) is 5.82 Å². The molecule has 0 spiro atoms. The number of nitrogens with two attached hydrogens (primary N) is 1. The average Bonchev–Trinajstić information content (AvgIpc) is 2.95. The standard InChI is InChI=1S/C12H22N4O2S/c1-9(2)7-15-19(17,18)11-8-14-16(12(11)13)10-5-3-4-6-10/h8-10,15H,3-7,13H2,1-2H3. The molecule has 0 unspecified atom stereocenters. The van der Waals surface area contributed by atoms with Crippen molar-refractivity contribution in [2.75, 3.05) is 12.3 Å². The van der Waals surface area contributed by atoms with Gasteiger partial charge in [-0.1, -0.05) is 26.7 Å². The lowest BCUT2D eigenvalue weighted by molar-refractivity contribution is 0.473. The first kappa shape index (κ1) is 14.3. The smallest absolute Gasteiger partial charge is 0.245 e. The summed E-state index contributed by atoms with van der Waals surface area (Å²) >= 11 is 0. The summed E-state index contributed by atoms with van der Waals surface area (Å²) in [5.41, 5.74) is 5.96. The van der Waals surface area contributed by atoms with Gasteiger partial charge in [0.25, 0.3) is 0 Å². The largest absolute Gasteiger partial charge is 0.383 e. The van der Waals surface area contributed by atoms with Crippen LogP contribution in [0.5, 0.6) is 0 Å². The van der Waals surface area contributed by atoms with Crippen LogP contribution in [0, 0.1) is 5.92 Å². The van der Waals surface area contributed by atoms with E-state index in [2.05, 4.69) is 9.82 Å². The second-order valence-corrected chi connectivity index (χ2v) is 7.26. The van der Waals surface area contributed by atoms with Crippen molar-refractivity contribution < 1.29 is 8.42 Å². The predicted octanol–water partition coefficient (Wildman–Crippen LogP) is 1.51. The summed E-state index contributed by atoms with van der Waals surface area (Å²) in [7, 11) is -3.55. The van der Waals surface area contributed by atoms with E-state index in [4.69, 9.17) is 5.73 Å². The molecule has 1 aromatic rings. The van der Waals surface area contributed by atoms with Gasteiger partial charge in [-0.3, -0.25) is 0 Å². The molecule has 1 saturated carbocycles. The maximum atomic E-state index is 12.1. The Morgan fingerprint density at radius 2 is 2.11 bits per heavy atom. The molecule has 19 heavy (non-hydrogen) atoms. The summed E-state index contributed by atoms with van der Waals surface area (Å²) < 4.78 is 28.5. The zero-order chi connectivity index (χ0) is 14.0. The van der Waals surface area contributed by atoms with Crippen LogP contribution in [0.3, 0.4) is 0 Å². The van der Waals surface area contributed by atoms with E-state index >= 15 is 0 Å². The Kier molecular flexibility index (Phi) is 4.15. The van der Waals surface area contributed by atoms with Crippen molar-refractivity contribution in [1.82, 2.24) is 14.5 Å². The fourth-order valence-electron chi connectivity index (χ4n) is 2.36. The van der Waals surface area contributed by atoms with E-state index in [1.807, 2.05) is 13.8 Å². The summed E-state index contributed by atoms with van der Waals surface area (Å²) in [6, 6.07) is 0.244. The molecule has 0 atom stereocenters. The summed E-state index contributed by atoms with van der Waals surface area (Å²) in [6.45, 7) is 4.30. The minimum absolute atomic E-state index is 0.0973. The summed E-state index contributed by atoms with van der Waals surface area (Å²) in [5, 5.41) is 4.16. The highest BCUT2D eigenvalue weighted by molar-refractivity contribution is 7.89. The number of nitrogens with one attached hydrogen (secondary N) is 1. The molecular weight excluding hydrogens is 264 g/mol. The Hall–Kier alpha value is -1.08. The summed E-state index contributed by atoms with van der Waals surface area (Å²) in [6.07, 6.45) is 5.70. The maximum Gasteiger partial charge on any atom is 0.245 e. The molecule has 0 saturated heterocycles. The number of nitrogen functional groups attached to an aromatic ring is 1. The Morgan fingerprint density at radius 1 is 1.47 bits per heavy atom. The minimum atomic E-state index is -3.55. The van der Waals surface area contributed by atoms with Crippen LogP contribution in [0.1, 0.15) is 45.6 Å². The van der Waals surface area contributed by atoms with Gasteiger partial charge in [0.1, 0.15) is 10.7 Å². The van der Waals surface area contributed by atoms with E-state index < -0.39 is 10.0 Å². The highest BCUT2D eigenvalue weighted by Crippen LogP contribution is 2.32. The SMILES string of the molecule is CC(C)CNS(=O)(=O)c1cnn(C2CCCC2)c1N. The van der Waals surface area contributed by atoms with Gasteiger partial charge in [-0.2, -0.15) is 5.10 Å². The van der Waals surface area contributed by atoms with Crippen LogP contribution in [0.25, 0.3) is 0 Å². The third-order valence-electron chi connectivity index (χ3n) is 3.44. The van der Waals surface area contributed by atoms with Gasteiger partial charge in [0, 0.05) is 6.54 Å². The molecule has 6 nitrogen and oxygen atoms in total. The second-order valence-electron chi connectivity index (χ2n) is 5.52. The predicted molar refractivity (Wildman–Crippen MR) is 74.2 cm³/mol. The zero-order valence-corrected chi connectivity index (χ0v) is 12.3. The molecule has 7 heteroatoms. The van der Waals surface area contributed by atoms with Crippen molar-refractivity contribution in [3.63, 3.8) is 0 Å². The molecular formula is C12H22N4O2S. The van der Waals surface area contributed by atoms with Crippen molar-refractivity contribution in [3.8, 4) is 0 Å². The van der Waals surface area contributed by atoms with E-state index in [1.165, 1.54) is 6.20 Å². The average molecular weight is 286 g/mol. The molecule has 108 valence electrons. The van der Waals surface area contributed by atoms with Gasteiger partial charge in [-0.15, -0.1) is 0 Å². The fraction of sp³-hybridized carbons (Fsp3) is 0.750. The van der Waals surface area contributed by atoms with E-state index in [1.54, 1.807) is 4.68 Å². The molecule has 1 aliphatic rings. The first-order valence-corrected chi connectivity index (χ1v) is 8.23. The van der Waals surface area contributed by atoms with Crippen molar-refractivity contribution in [3.05, 3.63) is 6.20 Å². The molecule has 0 amide bonds. The fourth-order valence-corrected chi connectivity index (χ4v) is 3.62. The van der Waals surface area contributed by atoms with Gasteiger partial charge in [0.15, 0.2) is 0 Å². The third-order valence-corrected chi connectivity index (χ3v) is 4.88. The lowest BCUT2D eigenvalue weighted by atomic mass is 10.2. The molecule has 1 aliphatic carbocycles. The van der Waals surface area contributed by atoms with Crippen LogP contribution in [0.15, 0.2) is 11.1 Å². The summed E-state index contributed by atoms with van der Waals surface area (Å²) in [4.78, 5) is 0.0973. The minimum Gasteiger partial charge on any atom is -0.383 e. The van der Waals surface area contributed by atoms with Crippen LogP contribution in [0.2, 0.25) is 0 Å². The lowest BCUT2D eigenvalue weighted by Crippen LogP contribution is -2.28. The number of sulfonamides is 1. The number of aromatic nitrogens is 2. The highest BCUT2D eigenvalue weighted by atomic mass is 32.2. The molecule has 1 aromatic heterocycles. The third kappa shape index (κ3) is 3.09. The van der Waals surface area contributed by atoms with Gasteiger partial charge < -0.3 is 5.73 Å². The normalized spacial score (nSPS) is 17.4. The van der Waals surface area contributed by atoms with Gasteiger partial charge in [0.05, 0.1) is 12.2 Å². The van der Waals surface area contributed by atoms with Gasteiger partial charge in [-0.25, -0.2) is 17.8 Å². The number of nitrogens with zero attached hydrogens (tertiary/aromatic N) is 2. The monoisotopic (exact) mass is 286 g/mol. The van der Waals surface area contributed by atoms with Crippen molar-refractivity contribution in [2.45, 2.75) is 50.5 Å². The Labute approximate surface area is 114 Å². The summed E-state index contributed by atoms with van der Waals surface area (Å²) in [5.74, 6) is 0.504. The van der Waals surface area contributed by atoms with E-state index in [9.17, 15) is 8.42 Å². The Morgan fingerprint density at radius 3 is 2.68 bits per heavy atom. The number of hydrogen-bond acceptors (Lipinski definition) is 4. The number of anilines is 1. The topological polar surface area (TPSA) is 90.0 Å². The highest BCUT2D eigenvalue weighted by Gasteiger charge is 2.26. The molecule has 3 N–H and O–H groups in total.